The van der Waals surface area contributed by atoms with E-state index in [-0.39, 0.29) is 11.7 Å². The van der Waals surface area contributed by atoms with Gasteiger partial charge in [-0.25, -0.2) is 4.79 Å². The van der Waals surface area contributed by atoms with Crippen LogP contribution in [0.25, 0.3) is 22.5 Å². The predicted molar refractivity (Wildman–Crippen MR) is 124 cm³/mol. The Morgan fingerprint density at radius 2 is 1.88 bits per heavy atom. The van der Waals surface area contributed by atoms with Gasteiger partial charge in [0.25, 0.3) is 0 Å². The van der Waals surface area contributed by atoms with E-state index < -0.39 is 0 Å². The number of hydrogen-bond acceptors (Lipinski definition) is 5. The topological polar surface area (TPSA) is 94.3 Å². The Bertz CT molecular complexity index is 1200. The number of rotatable bonds is 9. The van der Waals surface area contributed by atoms with Gasteiger partial charge in [0, 0.05) is 35.9 Å². The third kappa shape index (κ3) is 4.54. The molecule has 0 unspecified atom stereocenters. The Labute approximate surface area is 187 Å². The molecule has 0 amide bonds. The highest BCUT2D eigenvalue weighted by Crippen LogP contribution is 2.29. The number of benzene rings is 1. The highest BCUT2D eigenvalue weighted by Gasteiger charge is 2.15. The molecule has 1 N–H and O–H groups in total. The third-order valence-corrected chi connectivity index (χ3v) is 5.69. The second-order valence-electron chi connectivity index (χ2n) is 8.30. The van der Waals surface area contributed by atoms with Gasteiger partial charge in [0.05, 0.1) is 6.54 Å². The molecule has 32 heavy (non-hydrogen) atoms. The molecule has 3 aromatic heterocycles. The number of imidazole rings is 1. The highest BCUT2D eigenvalue weighted by molar-refractivity contribution is 5.79. The number of aryl methyl sites for hydroxylation is 1. The first-order chi connectivity index (χ1) is 15.6. The fourth-order valence-corrected chi connectivity index (χ4v) is 3.92. The maximum absolute atomic E-state index is 13.0. The normalized spacial score (nSPS) is 11.4. The monoisotopic (exact) mass is 431 g/mol. The molecule has 0 aliphatic heterocycles. The molecule has 0 aliphatic rings. The molecule has 0 spiro atoms. The number of H-pyrrole nitrogens is 1. The Morgan fingerprint density at radius 1 is 1.06 bits per heavy atom. The first-order valence-corrected chi connectivity index (χ1v) is 11.2. The third-order valence-electron chi connectivity index (χ3n) is 5.69. The quantitative estimate of drug-likeness (QED) is 0.400. The zero-order valence-corrected chi connectivity index (χ0v) is 18.8. The average Bonchev–Trinajstić information content (AvgIpc) is 3.44. The van der Waals surface area contributed by atoms with Crippen molar-refractivity contribution >= 4 is 0 Å². The Balaban J connectivity index is 1.61. The minimum atomic E-state index is 0.0594. The van der Waals surface area contributed by atoms with Crippen molar-refractivity contribution in [2.75, 3.05) is 0 Å². The molecule has 0 aliphatic carbocycles. The molecule has 3 heterocycles. The van der Waals surface area contributed by atoms with E-state index in [0.717, 1.165) is 47.2 Å². The van der Waals surface area contributed by atoms with Gasteiger partial charge in [0.1, 0.15) is 0 Å². The predicted octanol–water partition coefficient (Wildman–Crippen LogP) is 4.25. The van der Waals surface area contributed by atoms with Gasteiger partial charge in [-0.15, -0.1) is 10.2 Å². The summed E-state index contributed by atoms with van der Waals surface area (Å²) in [5.74, 6) is 0.510. The van der Waals surface area contributed by atoms with Crippen LogP contribution in [0.4, 0.5) is 0 Å². The van der Waals surface area contributed by atoms with E-state index in [1.54, 1.807) is 12.4 Å². The van der Waals surface area contributed by atoms with Gasteiger partial charge in [0.2, 0.25) is 5.82 Å². The maximum atomic E-state index is 13.0. The first kappa shape index (κ1) is 21.7. The fraction of sp³-hybridized carbons (Fsp3) is 0.375. The van der Waals surface area contributed by atoms with Gasteiger partial charge in [-0.3, -0.25) is 14.1 Å². The van der Waals surface area contributed by atoms with Crippen molar-refractivity contribution in [3.63, 3.8) is 0 Å². The summed E-state index contributed by atoms with van der Waals surface area (Å²) in [6.07, 6.45) is 9.88. The minimum absolute atomic E-state index is 0.0594. The summed E-state index contributed by atoms with van der Waals surface area (Å²) in [5, 5.41) is 14.3. The van der Waals surface area contributed by atoms with Crippen LogP contribution in [0.15, 0.2) is 53.7 Å². The summed E-state index contributed by atoms with van der Waals surface area (Å²) in [6, 6.07) is 10.4. The van der Waals surface area contributed by atoms with Gasteiger partial charge >= 0.3 is 5.69 Å². The van der Waals surface area contributed by atoms with Crippen molar-refractivity contribution in [3.05, 3.63) is 70.7 Å². The molecule has 8 nitrogen and oxygen atoms in total. The van der Waals surface area contributed by atoms with Crippen LogP contribution in [0, 0.1) is 0 Å². The summed E-state index contributed by atoms with van der Waals surface area (Å²) in [7, 11) is 0. The smallest absolute Gasteiger partial charge is 0.296 e. The molecule has 1 aromatic carbocycles. The molecule has 166 valence electrons. The zero-order valence-electron chi connectivity index (χ0n) is 18.8. The second kappa shape index (κ2) is 9.72. The first-order valence-electron chi connectivity index (χ1n) is 11.2. The van der Waals surface area contributed by atoms with Crippen molar-refractivity contribution in [1.29, 1.82) is 0 Å². The zero-order chi connectivity index (χ0) is 22.5. The van der Waals surface area contributed by atoms with Crippen molar-refractivity contribution in [3.8, 4) is 22.5 Å². The molecule has 4 rings (SSSR count). The lowest BCUT2D eigenvalue weighted by Crippen LogP contribution is -2.26. The number of pyridine rings is 1. The number of unbranched alkanes of at least 4 members (excludes halogenated alkanes) is 2. The van der Waals surface area contributed by atoms with Crippen molar-refractivity contribution in [1.82, 2.24) is 34.7 Å². The molecular weight excluding hydrogens is 402 g/mol. The van der Waals surface area contributed by atoms with Crippen LogP contribution >= 0.6 is 0 Å². The van der Waals surface area contributed by atoms with Crippen LogP contribution < -0.4 is 5.69 Å². The maximum Gasteiger partial charge on any atom is 0.328 e. The van der Waals surface area contributed by atoms with Gasteiger partial charge < -0.3 is 0 Å². The molecular formula is C24H29N7O. The molecule has 0 radical (unpaired) electrons. The lowest BCUT2D eigenvalue weighted by atomic mass is 10.00. The summed E-state index contributed by atoms with van der Waals surface area (Å²) < 4.78 is 3.76. The minimum Gasteiger partial charge on any atom is -0.296 e. The number of tetrazole rings is 1. The van der Waals surface area contributed by atoms with E-state index in [9.17, 15) is 4.79 Å². The molecule has 0 saturated heterocycles. The Morgan fingerprint density at radius 3 is 2.56 bits per heavy atom. The van der Waals surface area contributed by atoms with Crippen molar-refractivity contribution < 1.29 is 0 Å². The van der Waals surface area contributed by atoms with E-state index in [1.807, 2.05) is 35.2 Å². The van der Waals surface area contributed by atoms with Crippen LogP contribution in [-0.4, -0.2) is 34.7 Å². The highest BCUT2D eigenvalue weighted by atomic mass is 16.1. The average molecular weight is 432 g/mol. The lowest BCUT2D eigenvalue weighted by molar-refractivity contribution is 0.560. The van der Waals surface area contributed by atoms with Gasteiger partial charge in [-0.2, -0.15) is 5.21 Å². The number of nitrogens with zero attached hydrogens (tertiary/aromatic N) is 6. The van der Waals surface area contributed by atoms with Crippen molar-refractivity contribution in [2.24, 2.45) is 0 Å². The molecule has 4 aromatic rings. The van der Waals surface area contributed by atoms with Gasteiger partial charge in [0.15, 0.2) is 0 Å². The van der Waals surface area contributed by atoms with E-state index in [1.165, 1.54) is 6.42 Å². The number of aromatic amines is 1. The van der Waals surface area contributed by atoms with Gasteiger partial charge in [-0.1, -0.05) is 44.0 Å². The SMILES string of the molecule is CCCCCc1cn(C(C)C)c(=O)n1Cc1ccc(-c2ccncc2-c2nn[nH]n2)cc1. The lowest BCUT2D eigenvalue weighted by Gasteiger charge is -2.10. The van der Waals surface area contributed by atoms with Crippen LogP contribution in [0.3, 0.4) is 0 Å². The summed E-state index contributed by atoms with van der Waals surface area (Å²) in [6.45, 7) is 6.86. The van der Waals surface area contributed by atoms with Crippen molar-refractivity contribution in [2.45, 2.75) is 59.0 Å². The van der Waals surface area contributed by atoms with E-state index in [4.69, 9.17) is 0 Å². The Hall–Kier alpha value is -3.55. The van der Waals surface area contributed by atoms with Crippen LogP contribution in [0.5, 0.6) is 0 Å². The summed E-state index contributed by atoms with van der Waals surface area (Å²) >= 11 is 0. The van der Waals surface area contributed by atoms with Gasteiger partial charge in [-0.05, 0) is 54.7 Å². The molecule has 0 fully saturated rings. The molecule has 0 atom stereocenters. The van der Waals surface area contributed by atoms with Crippen LogP contribution in [0.2, 0.25) is 0 Å². The number of hydrogen-bond donors (Lipinski definition) is 1. The number of nitrogens with one attached hydrogen (secondary N) is 1. The van der Waals surface area contributed by atoms with E-state index in [0.29, 0.717) is 12.4 Å². The van der Waals surface area contributed by atoms with E-state index in [2.05, 4.69) is 56.8 Å². The summed E-state index contributed by atoms with van der Waals surface area (Å²) in [4.78, 5) is 17.2. The molecule has 8 heteroatoms. The Kier molecular flexibility index (Phi) is 6.58. The number of aromatic nitrogens is 7. The molecule has 0 saturated carbocycles. The molecule has 0 bridgehead atoms. The summed E-state index contributed by atoms with van der Waals surface area (Å²) in [5.41, 5.74) is 5.09. The van der Waals surface area contributed by atoms with Crippen LogP contribution in [-0.2, 0) is 13.0 Å². The van der Waals surface area contributed by atoms with Crippen LogP contribution in [0.1, 0.15) is 57.3 Å². The fourth-order valence-electron chi connectivity index (χ4n) is 3.92. The second-order valence-corrected chi connectivity index (χ2v) is 8.30. The van der Waals surface area contributed by atoms with E-state index >= 15 is 0 Å². The largest absolute Gasteiger partial charge is 0.328 e. The standard InChI is InChI=1S/C24H29N7O/c1-4-5-6-7-20-16-30(17(2)3)24(32)31(20)15-18-8-10-19(11-9-18)21-12-13-25-14-22(21)23-26-28-29-27-23/h8-14,16-17H,4-7,15H2,1-3H3,(H,26,27,28,29).